The topological polar surface area (TPSA) is 21.3 Å². The fraction of sp³-hybridized carbons (Fsp3) is 0.500. The quantitative estimate of drug-likeness (QED) is 0.837. The highest BCUT2D eigenvalue weighted by atomic mass is 35.5. The number of rotatable bonds is 4. The molecule has 0 amide bonds. The average molecular weight is 258 g/mol. The molecule has 88 valence electrons. The molecule has 0 spiro atoms. The van der Waals surface area contributed by atoms with E-state index in [9.17, 15) is 0 Å². The van der Waals surface area contributed by atoms with Crippen LogP contribution in [0, 0.1) is 0 Å². The molecule has 2 nitrogen and oxygen atoms in total. The van der Waals surface area contributed by atoms with Gasteiger partial charge in [-0.3, -0.25) is 0 Å². The van der Waals surface area contributed by atoms with Gasteiger partial charge < -0.3 is 10.1 Å². The summed E-state index contributed by atoms with van der Waals surface area (Å²) in [6.07, 6.45) is 2.59. The van der Waals surface area contributed by atoms with E-state index < -0.39 is 0 Å². The fourth-order valence-electron chi connectivity index (χ4n) is 1.83. The molecule has 1 heterocycles. The van der Waals surface area contributed by atoms with Crippen LogP contribution in [0.3, 0.4) is 0 Å². The molecule has 1 atom stereocenters. The molecule has 0 aromatic heterocycles. The summed E-state index contributed by atoms with van der Waals surface area (Å²) < 4.78 is 5.12. The van der Waals surface area contributed by atoms with E-state index in [4.69, 9.17) is 16.3 Å². The number of hydrogen-bond acceptors (Lipinski definition) is 3. The summed E-state index contributed by atoms with van der Waals surface area (Å²) in [4.78, 5) is 1.21. The number of benzene rings is 1. The minimum atomic E-state index is 0.658. The second-order valence-electron chi connectivity index (χ2n) is 3.90. The van der Waals surface area contributed by atoms with Crippen molar-refractivity contribution in [3.8, 4) is 5.75 Å². The van der Waals surface area contributed by atoms with Crippen molar-refractivity contribution in [1.29, 1.82) is 0 Å². The van der Waals surface area contributed by atoms with E-state index in [1.165, 1.54) is 17.7 Å². The Balaban J connectivity index is 1.91. The van der Waals surface area contributed by atoms with Crippen LogP contribution in [-0.4, -0.2) is 25.4 Å². The van der Waals surface area contributed by atoms with Gasteiger partial charge in [0.2, 0.25) is 0 Å². The van der Waals surface area contributed by atoms with Crippen LogP contribution in [0.25, 0.3) is 0 Å². The summed E-state index contributed by atoms with van der Waals surface area (Å²) >= 11 is 7.92. The second kappa shape index (κ2) is 5.80. The minimum absolute atomic E-state index is 0.658. The van der Waals surface area contributed by atoms with Crippen molar-refractivity contribution in [2.24, 2.45) is 0 Å². The molecular formula is C12H16ClNOS. The average Bonchev–Trinajstić information content (AvgIpc) is 2.79. The van der Waals surface area contributed by atoms with Gasteiger partial charge in [-0.2, -0.15) is 0 Å². The molecule has 0 radical (unpaired) electrons. The molecule has 2 rings (SSSR count). The van der Waals surface area contributed by atoms with E-state index in [1.807, 2.05) is 23.9 Å². The van der Waals surface area contributed by atoms with Gasteiger partial charge in [-0.25, -0.2) is 0 Å². The van der Waals surface area contributed by atoms with Crippen molar-refractivity contribution in [3.63, 3.8) is 0 Å². The zero-order valence-electron chi connectivity index (χ0n) is 9.33. The highest BCUT2D eigenvalue weighted by Gasteiger charge is 2.14. The van der Waals surface area contributed by atoms with Crippen LogP contribution in [-0.2, 0) is 0 Å². The standard InChI is InChI=1S/C12H16ClNOS/c1-15-12-5-4-10(7-11(12)13)16-8-9-3-2-6-14-9/h4-5,7,9,14H,2-3,6,8H2,1H3. The molecule has 0 aliphatic carbocycles. The zero-order valence-corrected chi connectivity index (χ0v) is 10.9. The van der Waals surface area contributed by atoms with Gasteiger partial charge in [-0.05, 0) is 37.6 Å². The lowest BCUT2D eigenvalue weighted by molar-refractivity contribution is 0.414. The molecule has 1 aliphatic rings. The first-order valence-corrected chi connectivity index (χ1v) is 6.85. The highest BCUT2D eigenvalue weighted by Crippen LogP contribution is 2.30. The Hall–Kier alpha value is -0.380. The largest absolute Gasteiger partial charge is 0.495 e. The van der Waals surface area contributed by atoms with Gasteiger partial charge in [-0.1, -0.05) is 11.6 Å². The van der Waals surface area contributed by atoms with Crippen molar-refractivity contribution in [1.82, 2.24) is 5.32 Å². The Morgan fingerprint density at radius 2 is 2.44 bits per heavy atom. The van der Waals surface area contributed by atoms with Crippen molar-refractivity contribution in [3.05, 3.63) is 23.2 Å². The Morgan fingerprint density at radius 1 is 1.56 bits per heavy atom. The van der Waals surface area contributed by atoms with E-state index in [0.29, 0.717) is 11.1 Å². The summed E-state index contributed by atoms with van der Waals surface area (Å²) in [6, 6.07) is 6.61. The number of halogens is 1. The van der Waals surface area contributed by atoms with Gasteiger partial charge >= 0.3 is 0 Å². The van der Waals surface area contributed by atoms with Gasteiger partial charge in [-0.15, -0.1) is 11.8 Å². The number of methoxy groups -OCH3 is 1. The Kier molecular flexibility index (Phi) is 4.38. The maximum Gasteiger partial charge on any atom is 0.137 e. The smallest absolute Gasteiger partial charge is 0.137 e. The summed E-state index contributed by atoms with van der Waals surface area (Å²) in [5.41, 5.74) is 0. The molecule has 1 aromatic carbocycles. The molecule has 4 heteroatoms. The van der Waals surface area contributed by atoms with Gasteiger partial charge in [0.05, 0.1) is 12.1 Å². The lowest BCUT2D eigenvalue weighted by Crippen LogP contribution is -2.23. The SMILES string of the molecule is COc1ccc(SCC2CCCN2)cc1Cl. The Morgan fingerprint density at radius 3 is 3.06 bits per heavy atom. The molecule has 1 unspecified atom stereocenters. The summed E-state index contributed by atoms with van der Waals surface area (Å²) in [7, 11) is 1.64. The van der Waals surface area contributed by atoms with Crippen LogP contribution < -0.4 is 10.1 Å². The monoisotopic (exact) mass is 257 g/mol. The Labute approximate surface area is 106 Å². The zero-order chi connectivity index (χ0) is 11.4. The van der Waals surface area contributed by atoms with Crippen LogP contribution >= 0.6 is 23.4 Å². The predicted octanol–water partition coefficient (Wildman–Crippen LogP) is 3.19. The molecule has 1 fully saturated rings. The van der Waals surface area contributed by atoms with Gasteiger partial charge in [0.1, 0.15) is 5.75 Å². The van der Waals surface area contributed by atoms with Crippen molar-refractivity contribution < 1.29 is 4.74 Å². The lowest BCUT2D eigenvalue weighted by Gasteiger charge is -2.10. The van der Waals surface area contributed by atoms with E-state index >= 15 is 0 Å². The second-order valence-corrected chi connectivity index (χ2v) is 5.40. The first-order valence-electron chi connectivity index (χ1n) is 5.49. The van der Waals surface area contributed by atoms with E-state index in [1.54, 1.807) is 7.11 Å². The van der Waals surface area contributed by atoms with Crippen LogP contribution in [0.4, 0.5) is 0 Å². The maximum atomic E-state index is 6.07. The van der Waals surface area contributed by atoms with Crippen molar-refractivity contribution in [2.75, 3.05) is 19.4 Å². The predicted molar refractivity (Wildman–Crippen MR) is 69.8 cm³/mol. The molecule has 0 saturated carbocycles. The van der Waals surface area contributed by atoms with Crippen LogP contribution in [0.15, 0.2) is 23.1 Å². The van der Waals surface area contributed by atoms with Gasteiger partial charge in [0, 0.05) is 16.7 Å². The molecular weight excluding hydrogens is 242 g/mol. The number of nitrogens with one attached hydrogen (secondary N) is 1. The summed E-state index contributed by atoms with van der Waals surface area (Å²) in [6.45, 7) is 1.16. The lowest BCUT2D eigenvalue weighted by atomic mass is 10.3. The van der Waals surface area contributed by atoms with Gasteiger partial charge in [0.15, 0.2) is 0 Å². The van der Waals surface area contributed by atoms with E-state index in [2.05, 4.69) is 11.4 Å². The first-order chi connectivity index (χ1) is 7.79. The molecule has 0 bridgehead atoms. The highest BCUT2D eigenvalue weighted by molar-refractivity contribution is 7.99. The van der Waals surface area contributed by atoms with E-state index in [0.717, 1.165) is 18.0 Å². The van der Waals surface area contributed by atoms with Gasteiger partial charge in [0.25, 0.3) is 0 Å². The summed E-state index contributed by atoms with van der Waals surface area (Å²) in [5.74, 6) is 1.85. The molecule has 16 heavy (non-hydrogen) atoms. The first kappa shape index (κ1) is 12.1. The Bertz CT molecular complexity index is 353. The molecule has 1 aliphatic heterocycles. The molecule has 1 aromatic rings. The van der Waals surface area contributed by atoms with Crippen LogP contribution in [0.5, 0.6) is 5.75 Å². The third kappa shape index (κ3) is 3.06. The number of ether oxygens (including phenoxy) is 1. The van der Waals surface area contributed by atoms with Crippen LogP contribution in [0.1, 0.15) is 12.8 Å². The summed E-state index contributed by atoms with van der Waals surface area (Å²) in [5, 5.41) is 4.17. The third-order valence-corrected chi connectivity index (χ3v) is 4.19. The minimum Gasteiger partial charge on any atom is -0.495 e. The number of hydrogen-bond donors (Lipinski definition) is 1. The molecule has 1 saturated heterocycles. The third-order valence-electron chi connectivity index (χ3n) is 2.74. The van der Waals surface area contributed by atoms with Crippen LogP contribution in [0.2, 0.25) is 5.02 Å². The normalized spacial score (nSPS) is 20.0. The fourth-order valence-corrected chi connectivity index (χ4v) is 3.20. The van der Waals surface area contributed by atoms with Crippen molar-refractivity contribution in [2.45, 2.75) is 23.8 Å². The van der Waals surface area contributed by atoms with Crippen molar-refractivity contribution >= 4 is 23.4 Å². The van der Waals surface area contributed by atoms with E-state index in [-0.39, 0.29) is 0 Å². The maximum absolute atomic E-state index is 6.07. The number of thioether (sulfide) groups is 1. The molecule has 1 N–H and O–H groups in total.